The molecule has 0 spiro atoms. The van der Waals surface area contributed by atoms with Crippen molar-refractivity contribution >= 4 is 10.1 Å². The predicted octanol–water partition coefficient (Wildman–Crippen LogP) is 0.499. The third-order valence-corrected chi connectivity index (χ3v) is 2.20. The van der Waals surface area contributed by atoms with Crippen molar-refractivity contribution in [2.24, 2.45) is 0 Å². The van der Waals surface area contributed by atoms with E-state index in [0.717, 1.165) is 7.11 Å². The molecule has 0 aliphatic heterocycles. The average molecular weight is 221 g/mol. The minimum Gasteiger partial charge on any atom is -0.743 e. The number of hydrogen-bond donors (Lipinski definition) is 0. The van der Waals surface area contributed by atoms with E-state index in [0.29, 0.717) is 0 Å². The number of alkyl halides is 3. The summed E-state index contributed by atoms with van der Waals surface area (Å²) in [7, 11) is -4.81. The fraction of sp³-hybridized carbons (Fsp3) is 1.00. The van der Waals surface area contributed by atoms with Crippen LogP contribution in [0, 0.1) is 0 Å². The maximum absolute atomic E-state index is 12.5. The Kier molecular flexibility index (Phi) is 4.14. The largest absolute Gasteiger partial charge is 0.743 e. The quantitative estimate of drug-likeness (QED) is 0.634. The van der Waals surface area contributed by atoms with Gasteiger partial charge in [0, 0.05) is 20.1 Å². The van der Waals surface area contributed by atoms with Gasteiger partial charge in [0.05, 0.1) is 0 Å². The Bertz CT molecular complexity index is 251. The summed E-state index contributed by atoms with van der Waals surface area (Å²) in [4.78, 5) is 0. The van der Waals surface area contributed by atoms with E-state index in [1.165, 1.54) is 0 Å². The van der Waals surface area contributed by atoms with Gasteiger partial charge in [-0.25, -0.2) is 12.8 Å². The van der Waals surface area contributed by atoms with Gasteiger partial charge in [0.15, 0.2) is 16.3 Å². The lowest BCUT2D eigenvalue weighted by atomic mass is 10.3. The molecule has 0 amide bonds. The van der Waals surface area contributed by atoms with Gasteiger partial charge in [-0.3, -0.25) is 0 Å². The average Bonchev–Trinajstić information content (AvgIpc) is 1.97. The number of rotatable bonds is 5. The maximum atomic E-state index is 12.5. The topological polar surface area (TPSA) is 66.4 Å². The summed E-state index contributed by atoms with van der Waals surface area (Å²) in [6, 6.07) is 0. The summed E-state index contributed by atoms with van der Waals surface area (Å²) in [5.41, 5.74) is 0. The number of hydrogen-bond acceptors (Lipinski definition) is 4. The highest BCUT2D eigenvalue weighted by molar-refractivity contribution is 7.86. The van der Waals surface area contributed by atoms with Gasteiger partial charge in [-0.05, 0) is 0 Å². The summed E-state index contributed by atoms with van der Waals surface area (Å²) in [5.74, 6) is 0. The van der Waals surface area contributed by atoms with E-state index in [9.17, 15) is 26.1 Å². The van der Waals surface area contributed by atoms with E-state index in [-0.39, 0.29) is 6.61 Å². The van der Waals surface area contributed by atoms with Gasteiger partial charge < -0.3 is 9.29 Å². The molecule has 80 valence electrons. The Morgan fingerprint density at radius 1 is 1.54 bits per heavy atom. The highest BCUT2D eigenvalue weighted by Gasteiger charge is 2.46. The second-order valence-corrected chi connectivity index (χ2v) is 3.72. The zero-order valence-corrected chi connectivity index (χ0v) is 7.48. The molecule has 13 heavy (non-hydrogen) atoms. The Morgan fingerprint density at radius 3 is 2.31 bits per heavy atom. The molecule has 0 aromatic rings. The molecular weight excluding hydrogens is 213 g/mol. The predicted molar refractivity (Wildman–Crippen MR) is 36.0 cm³/mol. The Hall–Kier alpha value is -0.340. The Balaban J connectivity index is 4.46. The van der Waals surface area contributed by atoms with Crippen LogP contribution in [0.4, 0.5) is 13.2 Å². The lowest BCUT2D eigenvalue weighted by Gasteiger charge is -2.22. The Morgan fingerprint density at radius 2 is 2.00 bits per heavy atom. The van der Waals surface area contributed by atoms with Crippen molar-refractivity contribution in [3.8, 4) is 0 Å². The van der Waals surface area contributed by atoms with Gasteiger partial charge in [0.1, 0.15) is 0 Å². The van der Waals surface area contributed by atoms with Crippen LogP contribution in [-0.2, 0) is 14.9 Å². The molecule has 0 saturated carbocycles. The third-order valence-electron chi connectivity index (χ3n) is 1.27. The molecule has 4 nitrogen and oxygen atoms in total. The van der Waals surface area contributed by atoms with Crippen LogP contribution < -0.4 is 0 Å². The van der Waals surface area contributed by atoms with E-state index < -0.39 is 28.0 Å². The molecular formula is C5H8F3O4S-. The molecule has 0 aromatic heterocycles. The molecule has 0 heterocycles. The fourth-order valence-corrected chi connectivity index (χ4v) is 0.977. The zero-order valence-electron chi connectivity index (χ0n) is 6.67. The minimum atomic E-state index is -5.95. The van der Waals surface area contributed by atoms with Crippen LogP contribution in [0.25, 0.3) is 0 Å². The third kappa shape index (κ3) is 3.12. The molecule has 0 radical (unpaired) electrons. The van der Waals surface area contributed by atoms with Gasteiger partial charge in [-0.2, -0.15) is 8.78 Å². The lowest BCUT2D eigenvalue weighted by molar-refractivity contribution is -0.0160. The SMILES string of the molecule is COCCC(F)C(F)(F)S(=O)(=O)[O-]. The molecule has 0 rings (SSSR count). The first-order chi connectivity index (χ1) is 5.73. The molecule has 0 bridgehead atoms. The van der Waals surface area contributed by atoms with E-state index in [1.807, 2.05) is 0 Å². The summed E-state index contributed by atoms with van der Waals surface area (Å²) in [6.45, 7) is -0.383. The normalized spacial score (nSPS) is 15.8. The van der Waals surface area contributed by atoms with Crippen molar-refractivity contribution in [2.75, 3.05) is 13.7 Å². The van der Waals surface area contributed by atoms with Crippen molar-refractivity contribution in [1.82, 2.24) is 0 Å². The molecule has 0 saturated heterocycles. The van der Waals surface area contributed by atoms with Crippen LogP contribution in [0.5, 0.6) is 0 Å². The van der Waals surface area contributed by atoms with Gasteiger partial charge >= 0.3 is 5.25 Å². The highest BCUT2D eigenvalue weighted by Crippen LogP contribution is 2.29. The smallest absolute Gasteiger partial charge is 0.364 e. The first kappa shape index (κ1) is 12.7. The van der Waals surface area contributed by atoms with Crippen molar-refractivity contribution < 1.29 is 30.9 Å². The van der Waals surface area contributed by atoms with E-state index in [2.05, 4.69) is 4.74 Å². The van der Waals surface area contributed by atoms with E-state index >= 15 is 0 Å². The van der Waals surface area contributed by atoms with Crippen LogP contribution in [0.3, 0.4) is 0 Å². The summed E-state index contributed by atoms with van der Waals surface area (Å²) >= 11 is 0. The van der Waals surface area contributed by atoms with Crippen molar-refractivity contribution in [1.29, 1.82) is 0 Å². The first-order valence-corrected chi connectivity index (χ1v) is 4.60. The van der Waals surface area contributed by atoms with Crippen LogP contribution in [0.15, 0.2) is 0 Å². The van der Waals surface area contributed by atoms with Crippen LogP contribution in [0.1, 0.15) is 6.42 Å². The molecule has 8 heteroatoms. The molecule has 1 unspecified atom stereocenters. The second kappa shape index (κ2) is 4.25. The molecule has 0 fully saturated rings. The van der Waals surface area contributed by atoms with Crippen molar-refractivity contribution in [2.45, 2.75) is 17.8 Å². The lowest BCUT2D eigenvalue weighted by Crippen LogP contribution is -2.39. The minimum absolute atomic E-state index is 0.383. The summed E-state index contributed by atoms with van der Waals surface area (Å²) in [6.07, 6.45) is -3.87. The summed E-state index contributed by atoms with van der Waals surface area (Å²) < 4.78 is 71.0. The molecule has 0 aliphatic rings. The maximum Gasteiger partial charge on any atom is 0.364 e. The molecule has 1 atom stereocenters. The highest BCUT2D eigenvalue weighted by atomic mass is 32.2. The zero-order chi connectivity index (χ0) is 10.7. The van der Waals surface area contributed by atoms with Crippen molar-refractivity contribution in [3.05, 3.63) is 0 Å². The van der Waals surface area contributed by atoms with Crippen molar-refractivity contribution in [3.63, 3.8) is 0 Å². The van der Waals surface area contributed by atoms with Gasteiger partial charge in [0.25, 0.3) is 0 Å². The summed E-state index contributed by atoms with van der Waals surface area (Å²) in [5, 5.41) is -4.88. The van der Waals surface area contributed by atoms with Gasteiger partial charge in [-0.15, -0.1) is 0 Å². The van der Waals surface area contributed by atoms with Crippen LogP contribution in [-0.4, -0.2) is 38.1 Å². The van der Waals surface area contributed by atoms with E-state index in [1.54, 1.807) is 0 Å². The first-order valence-electron chi connectivity index (χ1n) is 3.19. The molecule has 0 aliphatic carbocycles. The van der Waals surface area contributed by atoms with E-state index in [4.69, 9.17) is 0 Å². The van der Waals surface area contributed by atoms with Crippen LogP contribution >= 0.6 is 0 Å². The van der Waals surface area contributed by atoms with Gasteiger partial charge in [-0.1, -0.05) is 0 Å². The molecule has 0 aromatic carbocycles. The van der Waals surface area contributed by atoms with Crippen LogP contribution in [0.2, 0.25) is 0 Å². The monoisotopic (exact) mass is 221 g/mol. The number of methoxy groups -OCH3 is 1. The number of halogens is 3. The van der Waals surface area contributed by atoms with Gasteiger partial charge in [0.2, 0.25) is 0 Å². The second-order valence-electron chi connectivity index (χ2n) is 2.26. The molecule has 0 N–H and O–H groups in total. The Labute approximate surface area is 73.4 Å². The fourth-order valence-electron chi connectivity index (χ4n) is 0.546. The number of ether oxygens (including phenoxy) is 1. The standard InChI is InChI=1S/C5H9F3O4S/c1-12-3-2-4(6)5(7,8)13(9,10)11/h4H,2-3H2,1H3,(H,9,10,11)/p-1.